The number of piperazine rings is 1. The molecule has 2 aromatic rings. The second kappa shape index (κ2) is 9.80. The number of hydrogen-bond donors (Lipinski definition) is 1. The second-order valence-corrected chi connectivity index (χ2v) is 10.00. The smallest absolute Gasteiger partial charge is 0.243 e. The van der Waals surface area contributed by atoms with E-state index in [0.717, 1.165) is 11.3 Å². The number of methoxy groups -OCH3 is 1. The minimum absolute atomic E-state index is 0.120. The summed E-state index contributed by atoms with van der Waals surface area (Å²) in [4.78, 5) is 15.0. The molecule has 3 rings (SSSR count). The van der Waals surface area contributed by atoms with Gasteiger partial charge in [-0.15, -0.1) is 0 Å². The Morgan fingerprint density at radius 1 is 0.935 bits per heavy atom. The highest BCUT2D eigenvalue weighted by atomic mass is 32.2. The van der Waals surface area contributed by atoms with Crippen molar-refractivity contribution in [3.8, 4) is 5.75 Å². The number of ether oxygens (including phenoxy) is 1. The van der Waals surface area contributed by atoms with Gasteiger partial charge in [0.25, 0.3) is 0 Å². The maximum atomic E-state index is 13.0. The Balaban J connectivity index is 1.57. The van der Waals surface area contributed by atoms with Crippen LogP contribution in [-0.2, 0) is 14.8 Å². The number of rotatable bonds is 7. The lowest BCUT2D eigenvalue weighted by Gasteiger charge is -2.36. The van der Waals surface area contributed by atoms with E-state index >= 15 is 0 Å². The number of amides is 1. The molecule has 0 aromatic heterocycles. The summed E-state index contributed by atoms with van der Waals surface area (Å²) in [6, 6.07) is 13.9. The summed E-state index contributed by atoms with van der Waals surface area (Å²) in [5, 5.41) is 2.90. The molecule has 0 saturated carbocycles. The lowest BCUT2D eigenvalue weighted by atomic mass is 10.0. The van der Waals surface area contributed by atoms with E-state index in [4.69, 9.17) is 4.74 Å². The fraction of sp³-hybridized carbons (Fsp3) is 0.435. The Hall–Kier alpha value is -2.42. The molecule has 1 aliphatic rings. The fourth-order valence-electron chi connectivity index (χ4n) is 3.59. The summed E-state index contributed by atoms with van der Waals surface area (Å²) < 4.78 is 32.6. The molecule has 8 heteroatoms. The van der Waals surface area contributed by atoms with Gasteiger partial charge in [-0.05, 0) is 54.8 Å². The number of sulfonamides is 1. The minimum Gasteiger partial charge on any atom is -0.497 e. The summed E-state index contributed by atoms with van der Waals surface area (Å²) in [5.74, 6) is 0.957. The van der Waals surface area contributed by atoms with Gasteiger partial charge in [0.1, 0.15) is 5.75 Å². The molecule has 1 unspecified atom stereocenters. The topological polar surface area (TPSA) is 79.0 Å². The van der Waals surface area contributed by atoms with Crippen molar-refractivity contribution >= 4 is 21.6 Å². The SMILES string of the molecule is COc1ccc(NC(=O)C(C)N2CCN(S(=O)(=O)c3ccc(C(C)C)cc3)CC2)cc1. The molecule has 7 nitrogen and oxygen atoms in total. The van der Waals surface area contributed by atoms with E-state index in [-0.39, 0.29) is 11.9 Å². The van der Waals surface area contributed by atoms with Gasteiger partial charge in [-0.1, -0.05) is 26.0 Å². The van der Waals surface area contributed by atoms with Crippen LogP contribution in [0.25, 0.3) is 0 Å². The molecule has 1 saturated heterocycles. The van der Waals surface area contributed by atoms with Gasteiger partial charge in [-0.2, -0.15) is 4.31 Å². The highest BCUT2D eigenvalue weighted by molar-refractivity contribution is 7.89. The molecule has 0 spiro atoms. The van der Waals surface area contributed by atoms with Gasteiger partial charge in [-0.25, -0.2) is 8.42 Å². The molecular formula is C23H31N3O4S. The Morgan fingerprint density at radius 2 is 1.52 bits per heavy atom. The molecule has 0 radical (unpaired) electrons. The zero-order chi connectivity index (χ0) is 22.6. The largest absolute Gasteiger partial charge is 0.497 e. The van der Waals surface area contributed by atoms with E-state index in [9.17, 15) is 13.2 Å². The molecule has 2 aromatic carbocycles. The first-order chi connectivity index (χ1) is 14.7. The molecule has 1 fully saturated rings. The number of nitrogens with zero attached hydrogens (tertiary/aromatic N) is 2. The third-order valence-electron chi connectivity index (χ3n) is 5.74. The van der Waals surface area contributed by atoms with E-state index in [1.165, 1.54) is 4.31 Å². The monoisotopic (exact) mass is 445 g/mol. The van der Waals surface area contributed by atoms with Crippen molar-refractivity contribution in [1.29, 1.82) is 0 Å². The number of hydrogen-bond acceptors (Lipinski definition) is 5. The number of nitrogens with one attached hydrogen (secondary N) is 1. The van der Waals surface area contributed by atoms with Gasteiger partial charge in [0.05, 0.1) is 18.0 Å². The summed E-state index contributed by atoms with van der Waals surface area (Å²) >= 11 is 0. The first-order valence-corrected chi connectivity index (χ1v) is 12.0. The predicted octanol–water partition coefficient (Wildman–Crippen LogP) is 3.15. The van der Waals surface area contributed by atoms with Gasteiger partial charge in [0, 0.05) is 31.9 Å². The molecule has 0 bridgehead atoms. The van der Waals surface area contributed by atoms with Crippen LogP contribution >= 0.6 is 0 Å². The first kappa shape index (κ1) is 23.2. The molecular weight excluding hydrogens is 414 g/mol. The molecule has 1 amide bonds. The van der Waals surface area contributed by atoms with Crippen LogP contribution < -0.4 is 10.1 Å². The molecule has 1 heterocycles. The van der Waals surface area contributed by atoms with Crippen molar-refractivity contribution in [3.63, 3.8) is 0 Å². The standard InChI is InChI=1S/C23H31N3O4S/c1-17(2)19-5-11-22(12-6-19)31(28,29)26-15-13-25(14-16-26)18(3)23(27)24-20-7-9-21(30-4)10-8-20/h5-12,17-18H,13-16H2,1-4H3,(H,24,27). The molecule has 168 valence electrons. The number of carbonyl (C=O) groups excluding carboxylic acids is 1. The first-order valence-electron chi connectivity index (χ1n) is 10.5. The highest BCUT2D eigenvalue weighted by Crippen LogP contribution is 2.22. The molecule has 1 aliphatic heterocycles. The number of anilines is 1. The van der Waals surface area contributed by atoms with Crippen LogP contribution in [0.15, 0.2) is 53.4 Å². The fourth-order valence-corrected chi connectivity index (χ4v) is 5.01. The van der Waals surface area contributed by atoms with Gasteiger partial charge in [0.15, 0.2) is 0 Å². The predicted molar refractivity (Wildman–Crippen MR) is 122 cm³/mol. The summed E-state index contributed by atoms with van der Waals surface area (Å²) in [6.07, 6.45) is 0. The van der Waals surface area contributed by atoms with Gasteiger partial charge in [0.2, 0.25) is 15.9 Å². The maximum Gasteiger partial charge on any atom is 0.243 e. The molecule has 1 atom stereocenters. The van der Waals surface area contributed by atoms with Crippen molar-refractivity contribution in [2.75, 3.05) is 38.6 Å². The van der Waals surface area contributed by atoms with E-state index in [0.29, 0.717) is 42.7 Å². The van der Waals surface area contributed by atoms with Crippen LogP contribution in [0.1, 0.15) is 32.3 Å². The summed E-state index contributed by atoms with van der Waals surface area (Å²) in [7, 11) is -1.94. The summed E-state index contributed by atoms with van der Waals surface area (Å²) in [6.45, 7) is 7.71. The Morgan fingerprint density at radius 3 is 2.03 bits per heavy atom. The van der Waals surface area contributed by atoms with E-state index in [1.807, 2.05) is 24.0 Å². The van der Waals surface area contributed by atoms with E-state index < -0.39 is 10.0 Å². The lowest BCUT2D eigenvalue weighted by molar-refractivity contribution is -0.121. The Kier molecular flexibility index (Phi) is 7.35. The number of carbonyl (C=O) groups is 1. The second-order valence-electron chi connectivity index (χ2n) is 8.06. The van der Waals surface area contributed by atoms with Crippen LogP contribution in [0.2, 0.25) is 0 Å². The van der Waals surface area contributed by atoms with E-state index in [1.54, 1.807) is 43.5 Å². The van der Waals surface area contributed by atoms with E-state index in [2.05, 4.69) is 19.2 Å². The van der Waals surface area contributed by atoms with Crippen molar-refractivity contribution in [1.82, 2.24) is 9.21 Å². The summed E-state index contributed by atoms with van der Waals surface area (Å²) in [5.41, 5.74) is 1.81. The zero-order valence-corrected chi connectivity index (χ0v) is 19.4. The van der Waals surface area contributed by atoms with Crippen LogP contribution in [0, 0.1) is 0 Å². The van der Waals surface area contributed by atoms with Crippen molar-refractivity contribution < 1.29 is 17.9 Å². The third-order valence-corrected chi connectivity index (χ3v) is 7.66. The average molecular weight is 446 g/mol. The minimum atomic E-state index is -3.53. The molecule has 1 N–H and O–H groups in total. The molecule has 31 heavy (non-hydrogen) atoms. The van der Waals surface area contributed by atoms with Gasteiger partial charge >= 0.3 is 0 Å². The van der Waals surface area contributed by atoms with Crippen molar-refractivity contribution in [2.45, 2.75) is 37.6 Å². The van der Waals surface area contributed by atoms with Crippen LogP contribution in [-0.4, -0.2) is 62.9 Å². The average Bonchev–Trinajstić information content (AvgIpc) is 2.79. The lowest BCUT2D eigenvalue weighted by Crippen LogP contribution is -2.53. The maximum absolute atomic E-state index is 13.0. The van der Waals surface area contributed by atoms with Crippen LogP contribution in [0.5, 0.6) is 5.75 Å². The third kappa shape index (κ3) is 5.44. The number of benzene rings is 2. The van der Waals surface area contributed by atoms with Crippen molar-refractivity contribution in [2.24, 2.45) is 0 Å². The van der Waals surface area contributed by atoms with Crippen LogP contribution in [0.4, 0.5) is 5.69 Å². The Bertz CT molecular complexity index is 980. The Labute approximate surface area is 185 Å². The molecule has 0 aliphatic carbocycles. The van der Waals surface area contributed by atoms with Crippen LogP contribution in [0.3, 0.4) is 0 Å². The quantitative estimate of drug-likeness (QED) is 0.708. The van der Waals surface area contributed by atoms with Gasteiger partial charge in [-0.3, -0.25) is 9.69 Å². The zero-order valence-electron chi connectivity index (χ0n) is 18.5. The van der Waals surface area contributed by atoms with Crippen molar-refractivity contribution in [3.05, 3.63) is 54.1 Å². The highest BCUT2D eigenvalue weighted by Gasteiger charge is 2.31. The normalized spacial score (nSPS) is 16.8. The van der Waals surface area contributed by atoms with Gasteiger partial charge < -0.3 is 10.1 Å².